The summed E-state index contributed by atoms with van der Waals surface area (Å²) in [7, 11) is 0. The van der Waals surface area contributed by atoms with Crippen LogP contribution in [0.5, 0.6) is 0 Å². The van der Waals surface area contributed by atoms with Crippen LogP contribution in [0.3, 0.4) is 0 Å². The molecule has 0 radical (unpaired) electrons. The maximum Gasteiger partial charge on any atom is 0.354 e. The summed E-state index contributed by atoms with van der Waals surface area (Å²) in [5.41, 5.74) is -0.0826. The van der Waals surface area contributed by atoms with Crippen LogP contribution < -0.4 is 4.90 Å². The van der Waals surface area contributed by atoms with Gasteiger partial charge in [0.1, 0.15) is 12.1 Å². The van der Waals surface area contributed by atoms with Gasteiger partial charge in [-0.15, -0.1) is 0 Å². The summed E-state index contributed by atoms with van der Waals surface area (Å²) >= 11 is 0. The van der Waals surface area contributed by atoms with Crippen molar-refractivity contribution in [3.63, 3.8) is 0 Å². The molecule has 2 N–H and O–H groups in total. The summed E-state index contributed by atoms with van der Waals surface area (Å²) in [5, 5.41) is 18.2. The lowest BCUT2D eigenvalue weighted by Gasteiger charge is -2.17. The van der Waals surface area contributed by atoms with E-state index in [-0.39, 0.29) is 11.6 Å². The normalized spacial score (nSPS) is 21.9. The summed E-state index contributed by atoms with van der Waals surface area (Å²) in [5.74, 6) is -1.81. The Morgan fingerprint density at radius 2 is 2.10 bits per heavy atom. The van der Waals surface area contributed by atoms with E-state index in [1.807, 2.05) is 11.8 Å². The minimum atomic E-state index is -1.12. The van der Waals surface area contributed by atoms with Gasteiger partial charge in [-0.05, 0) is 12.3 Å². The van der Waals surface area contributed by atoms with Crippen LogP contribution in [0.4, 0.5) is 5.82 Å². The summed E-state index contributed by atoms with van der Waals surface area (Å²) < 4.78 is 0. The fraction of sp³-hybridized carbons (Fsp3) is 0.538. The van der Waals surface area contributed by atoms with Crippen molar-refractivity contribution in [3.05, 3.63) is 18.1 Å². The van der Waals surface area contributed by atoms with Gasteiger partial charge in [0.25, 0.3) is 0 Å². The fourth-order valence-corrected chi connectivity index (χ4v) is 2.64. The molecule has 1 aromatic heterocycles. The Labute approximate surface area is 116 Å². The van der Waals surface area contributed by atoms with Crippen LogP contribution in [0, 0.1) is 11.8 Å². The second-order valence-corrected chi connectivity index (χ2v) is 4.97. The van der Waals surface area contributed by atoms with Crippen LogP contribution in [0.25, 0.3) is 0 Å². The van der Waals surface area contributed by atoms with E-state index in [2.05, 4.69) is 9.97 Å². The highest BCUT2D eigenvalue weighted by molar-refractivity contribution is 5.86. The molecule has 1 fully saturated rings. The van der Waals surface area contributed by atoms with Gasteiger partial charge in [-0.25, -0.2) is 14.8 Å². The Balaban J connectivity index is 2.20. The van der Waals surface area contributed by atoms with Crippen LogP contribution in [-0.4, -0.2) is 45.2 Å². The zero-order valence-electron chi connectivity index (χ0n) is 11.2. The van der Waals surface area contributed by atoms with Crippen molar-refractivity contribution < 1.29 is 19.8 Å². The van der Waals surface area contributed by atoms with Crippen LogP contribution in [-0.2, 0) is 4.79 Å². The second-order valence-electron chi connectivity index (χ2n) is 4.97. The molecule has 0 aromatic carbocycles. The number of carboxylic acids is 2. The molecule has 7 nitrogen and oxygen atoms in total. The molecule has 7 heteroatoms. The summed E-state index contributed by atoms with van der Waals surface area (Å²) in [6, 6.07) is 1.38. The monoisotopic (exact) mass is 279 g/mol. The van der Waals surface area contributed by atoms with Gasteiger partial charge in [-0.2, -0.15) is 0 Å². The van der Waals surface area contributed by atoms with Gasteiger partial charge >= 0.3 is 11.9 Å². The molecule has 1 aliphatic rings. The van der Waals surface area contributed by atoms with Crippen molar-refractivity contribution in [2.24, 2.45) is 11.8 Å². The molecule has 1 aliphatic heterocycles. The van der Waals surface area contributed by atoms with Gasteiger partial charge in [-0.3, -0.25) is 4.79 Å². The molecule has 20 heavy (non-hydrogen) atoms. The Hall–Kier alpha value is -2.18. The highest BCUT2D eigenvalue weighted by Gasteiger charge is 2.37. The van der Waals surface area contributed by atoms with Gasteiger partial charge in [-0.1, -0.05) is 13.3 Å². The molecule has 0 unspecified atom stereocenters. The number of nitrogens with zero attached hydrogens (tertiary/aromatic N) is 3. The van der Waals surface area contributed by atoms with Gasteiger partial charge in [0.2, 0.25) is 0 Å². The number of carboxylic acid groups (broad SMARTS) is 2. The summed E-state index contributed by atoms with van der Waals surface area (Å²) in [6.07, 6.45) is 2.96. The lowest BCUT2D eigenvalue weighted by molar-refractivity contribution is -0.142. The molecule has 0 saturated carbocycles. The first kappa shape index (κ1) is 14.2. The predicted octanol–water partition coefficient (Wildman–Crippen LogP) is 1.11. The zero-order valence-corrected chi connectivity index (χ0v) is 11.2. The van der Waals surface area contributed by atoms with Crippen molar-refractivity contribution in [1.29, 1.82) is 0 Å². The molecule has 2 atom stereocenters. The number of hydrogen-bond donors (Lipinski definition) is 2. The lowest BCUT2D eigenvalue weighted by Crippen LogP contribution is -2.24. The van der Waals surface area contributed by atoms with Gasteiger partial charge in [0.05, 0.1) is 5.92 Å². The molecule has 0 aliphatic carbocycles. The first-order chi connectivity index (χ1) is 9.52. The number of hydrogen-bond acceptors (Lipinski definition) is 5. The van der Waals surface area contributed by atoms with E-state index in [9.17, 15) is 14.7 Å². The van der Waals surface area contributed by atoms with Crippen LogP contribution >= 0.6 is 0 Å². The third-order valence-electron chi connectivity index (χ3n) is 3.61. The van der Waals surface area contributed by atoms with E-state index < -0.39 is 17.9 Å². The Morgan fingerprint density at radius 3 is 2.70 bits per heavy atom. The van der Waals surface area contributed by atoms with E-state index in [0.29, 0.717) is 18.9 Å². The average molecular weight is 279 g/mol. The highest BCUT2D eigenvalue weighted by Crippen LogP contribution is 2.30. The standard InChI is InChI=1S/C13H17N3O4/c1-2-3-8-5-16(6-9(8)12(17)18)11-4-10(13(19)20)14-7-15-11/h4,7-9H,2-3,5-6H2,1H3,(H,17,18)(H,19,20)/t8-,9-/m1/s1. The first-order valence-electron chi connectivity index (χ1n) is 6.56. The molecule has 0 amide bonds. The number of aromatic nitrogens is 2. The third-order valence-corrected chi connectivity index (χ3v) is 3.61. The fourth-order valence-electron chi connectivity index (χ4n) is 2.64. The van der Waals surface area contributed by atoms with E-state index in [1.165, 1.54) is 12.4 Å². The van der Waals surface area contributed by atoms with E-state index in [0.717, 1.165) is 12.8 Å². The average Bonchev–Trinajstić information content (AvgIpc) is 2.83. The van der Waals surface area contributed by atoms with Gasteiger partial charge in [0, 0.05) is 19.2 Å². The molecular weight excluding hydrogens is 262 g/mol. The molecule has 0 spiro atoms. The molecule has 1 aromatic rings. The number of anilines is 1. The minimum absolute atomic E-state index is 0.0701. The predicted molar refractivity (Wildman–Crippen MR) is 70.7 cm³/mol. The van der Waals surface area contributed by atoms with Gasteiger partial charge in [0.15, 0.2) is 5.69 Å². The minimum Gasteiger partial charge on any atom is -0.481 e. The number of aliphatic carboxylic acids is 1. The maximum absolute atomic E-state index is 11.3. The van der Waals surface area contributed by atoms with Crippen molar-refractivity contribution in [3.8, 4) is 0 Å². The Bertz CT molecular complexity index is 520. The molecule has 108 valence electrons. The Morgan fingerprint density at radius 1 is 1.35 bits per heavy atom. The van der Waals surface area contributed by atoms with E-state index in [1.54, 1.807) is 0 Å². The third kappa shape index (κ3) is 2.87. The summed E-state index contributed by atoms with van der Waals surface area (Å²) in [4.78, 5) is 31.7. The van der Waals surface area contributed by atoms with Crippen molar-refractivity contribution >= 4 is 17.8 Å². The van der Waals surface area contributed by atoms with E-state index in [4.69, 9.17) is 5.11 Å². The topological polar surface area (TPSA) is 104 Å². The SMILES string of the molecule is CCC[C@@H]1CN(c2cc(C(=O)O)ncn2)C[C@H]1C(=O)O. The smallest absolute Gasteiger partial charge is 0.354 e. The number of aromatic carboxylic acids is 1. The van der Waals surface area contributed by atoms with Crippen LogP contribution in [0.2, 0.25) is 0 Å². The van der Waals surface area contributed by atoms with Crippen molar-refractivity contribution in [2.45, 2.75) is 19.8 Å². The molecule has 2 rings (SSSR count). The highest BCUT2D eigenvalue weighted by atomic mass is 16.4. The number of rotatable bonds is 5. The molecular formula is C13H17N3O4. The number of carbonyl (C=O) groups is 2. The zero-order chi connectivity index (χ0) is 14.7. The second kappa shape index (κ2) is 5.85. The lowest BCUT2D eigenvalue weighted by atomic mass is 9.92. The van der Waals surface area contributed by atoms with Crippen LogP contribution in [0.15, 0.2) is 12.4 Å². The van der Waals surface area contributed by atoms with Gasteiger partial charge < -0.3 is 15.1 Å². The molecule has 2 heterocycles. The van der Waals surface area contributed by atoms with Crippen molar-refractivity contribution in [1.82, 2.24) is 9.97 Å². The molecule has 1 saturated heterocycles. The van der Waals surface area contributed by atoms with Crippen LogP contribution in [0.1, 0.15) is 30.3 Å². The van der Waals surface area contributed by atoms with Crippen molar-refractivity contribution in [2.75, 3.05) is 18.0 Å². The largest absolute Gasteiger partial charge is 0.481 e. The summed E-state index contributed by atoms with van der Waals surface area (Å²) in [6.45, 7) is 2.96. The Kier molecular flexibility index (Phi) is 4.16. The maximum atomic E-state index is 11.3. The first-order valence-corrected chi connectivity index (χ1v) is 6.56. The quantitative estimate of drug-likeness (QED) is 0.832. The van der Waals surface area contributed by atoms with E-state index >= 15 is 0 Å². The molecule has 0 bridgehead atoms.